The van der Waals surface area contributed by atoms with E-state index in [4.69, 9.17) is 23.2 Å². The Kier molecular flexibility index (Phi) is 4.57. The molecule has 0 spiro atoms. The van der Waals surface area contributed by atoms with Crippen LogP contribution in [0.25, 0.3) is 0 Å². The van der Waals surface area contributed by atoms with Gasteiger partial charge in [0.25, 0.3) is 5.91 Å². The van der Waals surface area contributed by atoms with Crippen LogP contribution in [0.5, 0.6) is 0 Å². The van der Waals surface area contributed by atoms with E-state index in [0.717, 1.165) is 0 Å². The summed E-state index contributed by atoms with van der Waals surface area (Å²) >= 11 is 11.6. The van der Waals surface area contributed by atoms with E-state index in [1.54, 1.807) is 24.4 Å². The summed E-state index contributed by atoms with van der Waals surface area (Å²) in [6.07, 6.45) is 3.27. The average Bonchev–Trinajstić information content (AvgIpc) is 2.20. The number of benzene rings is 1. The molecule has 1 amide bonds. The molecule has 0 aliphatic carbocycles. The first-order valence-electron chi connectivity index (χ1n) is 5.04. The quantitative estimate of drug-likeness (QED) is 0.665. The molecule has 0 heterocycles. The van der Waals surface area contributed by atoms with E-state index in [-0.39, 0.29) is 5.91 Å². The summed E-state index contributed by atoms with van der Waals surface area (Å²) in [5, 5.41) is 3.58. The molecule has 0 atom stereocenters. The van der Waals surface area contributed by atoms with Crippen LogP contribution in [-0.2, 0) is 4.79 Å². The second-order valence-corrected chi connectivity index (χ2v) is 5.36. The molecule has 0 aromatic heterocycles. The summed E-state index contributed by atoms with van der Waals surface area (Å²) in [5.41, 5.74) is 0.621. The highest BCUT2D eigenvalue weighted by atomic mass is 35.5. The van der Waals surface area contributed by atoms with Gasteiger partial charge in [0.1, 0.15) is 6.20 Å². The minimum Gasteiger partial charge on any atom is -0.322 e. The molecule has 0 aliphatic heterocycles. The molecular formula is C12H15Cl2N2O+. The van der Waals surface area contributed by atoms with Gasteiger partial charge >= 0.3 is 0 Å². The first kappa shape index (κ1) is 14.0. The van der Waals surface area contributed by atoms with Gasteiger partial charge in [-0.2, -0.15) is 0 Å². The lowest BCUT2D eigenvalue weighted by Gasteiger charge is -2.17. The summed E-state index contributed by atoms with van der Waals surface area (Å²) in [6.45, 7) is 0. The number of hydrogen-bond donors (Lipinski definition) is 1. The molecule has 0 radical (unpaired) electrons. The van der Waals surface area contributed by atoms with Crippen LogP contribution in [0.15, 0.2) is 30.5 Å². The fourth-order valence-corrected chi connectivity index (χ4v) is 1.35. The van der Waals surface area contributed by atoms with Gasteiger partial charge in [-0.25, -0.2) is 0 Å². The zero-order valence-corrected chi connectivity index (χ0v) is 11.5. The predicted molar refractivity (Wildman–Crippen MR) is 72.3 cm³/mol. The Balaban J connectivity index is 2.69. The van der Waals surface area contributed by atoms with Gasteiger partial charge in [0.05, 0.1) is 37.3 Å². The van der Waals surface area contributed by atoms with Crippen LogP contribution in [0.1, 0.15) is 0 Å². The number of halogens is 2. The lowest BCUT2D eigenvalue weighted by atomic mass is 10.3. The second kappa shape index (κ2) is 5.54. The maximum atomic E-state index is 11.6. The Bertz CT molecular complexity index is 450. The molecule has 0 bridgehead atoms. The topological polar surface area (TPSA) is 29.1 Å². The average molecular weight is 274 g/mol. The Labute approximate surface area is 111 Å². The first-order valence-corrected chi connectivity index (χ1v) is 5.80. The van der Waals surface area contributed by atoms with E-state index < -0.39 is 0 Å². The van der Waals surface area contributed by atoms with Gasteiger partial charge in [-0.15, -0.1) is 0 Å². The molecule has 5 heteroatoms. The van der Waals surface area contributed by atoms with Gasteiger partial charge in [-0.3, -0.25) is 4.79 Å². The van der Waals surface area contributed by atoms with Crippen molar-refractivity contribution in [1.82, 2.24) is 0 Å². The van der Waals surface area contributed by atoms with E-state index in [0.29, 0.717) is 20.2 Å². The van der Waals surface area contributed by atoms with E-state index in [1.807, 2.05) is 21.1 Å². The summed E-state index contributed by atoms with van der Waals surface area (Å²) in [7, 11) is 5.88. The first-order chi connectivity index (χ1) is 7.78. The highest BCUT2D eigenvalue weighted by molar-refractivity contribution is 6.42. The number of quaternary nitrogens is 1. The number of amides is 1. The molecule has 1 aromatic rings. The number of carbonyl (C=O) groups is 1. The zero-order chi connectivity index (χ0) is 13.1. The Morgan fingerprint density at radius 3 is 2.41 bits per heavy atom. The van der Waals surface area contributed by atoms with Crippen molar-refractivity contribution in [2.24, 2.45) is 0 Å². The van der Waals surface area contributed by atoms with Crippen molar-refractivity contribution < 1.29 is 9.28 Å². The van der Waals surface area contributed by atoms with E-state index >= 15 is 0 Å². The minimum absolute atomic E-state index is 0.198. The molecule has 0 unspecified atom stereocenters. The third-order valence-corrected chi connectivity index (χ3v) is 2.60. The summed E-state index contributed by atoms with van der Waals surface area (Å²) < 4.78 is 0.578. The molecular weight excluding hydrogens is 259 g/mol. The van der Waals surface area contributed by atoms with Crippen molar-refractivity contribution in [3.8, 4) is 0 Å². The fraction of sp³-hybridized carbons (Fsp3) is 0.250. The van der Waals surface area contributed by atoms with Gasteiger partial charge in [-0.05, 0) is 18.2 Å². The second-order valence-electron chi connectivity index (χ2n) is 4.55. The lowest BCUT2D eigenvalue weighted by molar-refractivity contribution is -0.817. The van der Waals surface area contributed by atoms with Gasteiger partial charge in [0, 0.05) is 5.69 Å². The predicted octanol–water partition coefficient (Wildman–Crippen LogP) is 3.15. The molecule has 17 heavy (non-hydrogen) atoms. The van der Waals surface area contributed by atoms with Gasteiger partial charge in [0.2, 0.25) is 0 Å². The lowest BCUT2D eigenvalue weighted by Crippen LogP contribution is -2.27. The number of nitrogens with one attached hydrogen (secondary N) is 1. The largest absolute Gasteiger partial charge is 0.322 e. The molecule has 1 aromatic carbocycles. The number of hydrogen-bond acceptors (Lipinski definition) is 1. The molecule has 0 saturated heterocycles. The smallest absolute Gasteiger partial charge is 0.253 e. The SMILES string of the molecule is C[N+](C)(C)/C=C/C(=O)Nc1ccc(Cl)c(Cl)c1. The summed E-state index contributed by atoms with van der Waals surface area (Å²) in [6, 6.07) is 4.95. The van der Waals surface area contributed by atoms with Crippen molar-refractivity contribution in [2.75, 3.05) is 26.5 Å². The molecule has 1 N–H and O–H groups in total. The Morgan fingerprint density at radius 1 is 1.24 bits per heavy atom. The van der Waals surface area contributed by atoms with E-state index in [2.05, 4.69) is 5.32 Å². The van der Waals surface area contributed by atoms with Crippen molar-refractivity contribution in [2.45, 2.75) is 0 Å². The summed E-state index contributed by atoms with van der Waals surface area (Å²) in [4.78, 5) is 11.6. The zero-order valence-electron chi connectivity index (χ0n) is 10.00. The van der Waals surface area contributed by atoms with E-state index in [1.165, 1.54) is 6.08 Å². The maximum Gasteiger partial charge on any atom is 0.253 e. The third kappa shape index (κ3) is 5.22. The molecule has 1 rings (SSSR count). The Morgan fingerprint density at radius 2 is 1.88 bits per heavy atom. The van der Waals surface area contributed by atoms with Crippen LogP contribution in [0, 0.1) is 0 Å². The van der Waals surface area contributed by atoms with Crippen LogP contribution >= 0.6 is 23.2 Å². The number of carbonyl (C=O) groups excluding carboxylic acids is 1. The minimum atomic E-state index is -0.198. The van der Waals surface area contributed by atoms with Crippen LogP contribution in [-0.4, -0.2) is 31.5 Å². The normalized spacial score (nSPS) is 11.8. The molecule has 0 fully saturated rings. The summed E-state index contributed by atoms with van der Waals surface area (Å²) in [5.74, 6) is -0.198. The Hall–Kier alpha value is -1.03. The fourth-order valence-electron chi connectivity index (χ4n) is 1.05. The molecule has 0 aliphatic rings. The van der Waals surface area contributed by atoms with Gasteiger partial charge < -0.3 is 9.80 Å². The monoisotopic (exact) mass is 273 g/mol. The standard InChI is InChI=1S/C12H14Cl2N2O/c1-16(2,3)7-6-12(17)15-9-4-5-10(13)11(14)8-9/h4-8H,1-3H3/p+1/b7-6+. The van der Waals surface area contributed by atoms with Crippen molar-refractivity contribution >= 4 is 34.8 Å². The van der Waals surface area contributed by atoms with Crippen LogP contribution < -0.4 is 5.32 Å². The number of rotatable bonds is 3. The van der Waals surface area contributed by atoms with Gasteiger partial charge in [-0.1, -0.05) is 23.2 Å². The van der Waals surface area contributed by atoms with Crippen LogP contribution in [0.4, 0.5) is 5.69 Å². The number of nitrogens with zero attached hydrogens (tertiary/aromatic N) is 1. The third-order valence-electron chi connectivity index (χ3n) is 1.86. The highest BCUT2D eigenvalue weighted by Crippen LogP contribution is 2.24. The molecule has 0 saturated carbocycles. The van der Waals surface area contributed by atoms with Gasteiger partial charge in [0.15, 0.2) is 0 Å². The van der Waals surface area contributed by atoms with Crippen LogP contribution in [0.3, 0.4) is 0 Å². The molecule has 92 valence electrons. The van der Waals surface area contributed by atoms with Crippen molar-refractivity contribution in [3.63, 3.8) is 0 Å². The number of anilines is 1. The van der Waals surface area contributed by atoms with E-state index in [9.17, 15) is 4.79 Å². The van der Waals surface area contributed by atoms with Crippen LogP contribution in [0.2, 0.25) is 10.0 Å². The maximum absolute atomic E-state index is 11.6. The molecule has 3 nitrogen and oxygen atoms in total. The van der Waals surface area contributed by atoms with Crippen molar-refractivity contribution in [1.29, 1.82) is 0 Å². The van der Waals surface area contributed by atoms with Crippen molar-refractivity contribution in [3.05, 3.63) is 40.5 Å². The highest BCUT2D eigenvalue weighted by Gasteiger charge is 2.05.